The summed E-state index contributed by atoms with van der Waals surface area (Å²) < 4.78 is 5.45. The number of furan rings is 1. The van der Waals surface area contributed by atoms with Gasteiger partial charge in [-0.15, -0.1) is 0 Å². The van der Waals surface area contributed by atoms with Gasteiger partial charge in [-0.25, -0.2) is 0 Å². The van der Waals surface area contributed by atoms with Crippen LogP contribution in [-0.2, 0) is 4.79 Å². The van der Waals surface area contributed by atoms with Crippen molar-refractivity contribution in [3.05, 3.63) is 24.2 Å². The van der Waals surface area contributed by atoms with E-state index in [0.717, 1.165) is 25.1 Å². The van der Waals surface area contributed by atoms with Crippen LogP contribution in [0.15, 0.2) is 22.8 Å². The number of carbonyl (C=O) groups excluding carboxylic acids is 1. The Labute approximate surface area is 120 Å². The van der Waals surface area contributed by atoms with Crippen molar-refractivity contribution in [3.8, 4) is 0 Å². The van der Waals surface area contributed by atoms with Gasteiger partial charge in [0.25, 0.3) is 0 Å². The third kappa shape index (κ3) is 3.84. The van der Waals surface area contributed by atoms with Gasteiger partial charge in [-0.05, 0) is 52.5 Å². The lowest BCUT2D eigenvalue weighted by molar-refractivity contribution is -0.126. The Kier molecular flexibility index (Phi) is 5.20. The fraction of sp³-hybridized carbons (Fsp3) is 0.667. The smallest absolute Gasteiger partial charge is 0.223 e. The third-order valence-corrected chi connectivity index (χ3v) is 3.96. The van der Waals surface area contributed by atoms with Crippen LogP contribution in [0.1, 0.15) is 31.6 Å². The van der Waals surface area contributed by atoms with Crippen molar-refractivity contribution in [2.24, 2.45) is 5.92 Å². The molecule has 0 aliphatic carbocycles. The zero-order valence-electron chi connectivity index (χ0n) is 12.6. The molecule has 0 bridgehead atoms. The molecule has 1 aliphatic heterocycles. The van der Waals surface area contributed by atoms with Gasteiger partial charge in [-0.2, -0.15) is 0 Å². The number of nitrogens with zero attached hydrogens (tertiary/aromatic N) is 1. The number of nitrogens with one attached hydrogen (secondary N) is 2. The van der Waals surface area contributed by atoms with Gasteiger partial charge >= 0.3 is 0 Å². The molecule has 2 heterocycles. The Morgan fingerprint density at radius 2 is 2.40 bits per heavy atom. The van der Waals surface area contributed by atoms with Crippen LogP contribution in [0.3, 0.4) is 0 Å². The number of hydrogen-bond acceptors (Lipinski definition) is 4. The van der Waals surface area contributed by atoms with E-state index in [9.17, 15) is 4.79 Å². The van der Waals surface area contributed by atoms with Crippen molar-refractivity contribution in [3.63, 3.8) is 0 Å². The van der Waals surface area contributed by atoms with Gasteiger partial charge in [-0.3, -0.25) is 9.69 Å². The highest BCUT2D eigenvalue weighted by Crippen LogP contribution is 2.19. The maximum atomic E-state index is 12.3. The summed E-state index contributed by atoms with van der Waals surface area (Å²) in [6, 6.07) is 4.33. The normalized spacial score (nSPS) is 24.6. The first kappa shape index (κ1) is 15.1. The summed E-state index contributed by atoms with van der Waals surface area (Å²) >= 11 is 0. The molecular weight excluding hydrogens is 254 g/mol. The average molecular weight is 279 g/mol. The van der Waals surface area contributed by atoms with Gasteiger partial charge < -0.3 is 15.1 Å². The van der Waals surface area contributed by atoms with Crippen LogP contribution in [0.5, 0.6) is 0 Å². The zero-order valence-corrected chi connectivity index (χ0v) is 12.6. The Balaban J connectivity index is 1.87. The molecule has 2 rings (SSSR count). The molecule has 112 valence electrons. The van der Waals surface area contributed by atoms with Crippen LogP contribution in [0.25, 0.3) is 0 Å². The molecule has 0 saturated carbocycles. The van der Waals surface area contributed by atoms with E-state index >= 15 is 0 Å². The third-order valence-electron chi connectivity index (χ3n) is 3.96. The fourth-order valence-electron chi connectivity index (χ4n) is 2.73. The molecule has 1 amide bonds. The summed E-state index contributed by atoms with van der Waals surface area (Å²) in [5.41, 5.74) is 0. The minimum atomic E-state index is 0.0769. The summed E-state index contributed by atoms with van der Waals surface area (Å²) in [5, 5.41) is 6.44. The molecule has 0 spiro atoms. The zero-order chi connectivity index (χ0) is 14.5. The van der Waals surface area contributed by atoms with E-state index < -0.39 is 0 Å². The number of carbonyl (C=O) groups is 1. The lowest BCUT2D eigenvalue weighted by Gasteiger charge is -2.28. The minimum Gasteiger partial charge on any atom is -0.468 e. The van der Waals surface area contributed by atoms with Crippen LogP contribution >= 0.6 is 0 Å². The quantitative estimate of drug-likeness (QED) is 0.855. The molecule has 5 nitrogen and oxygen atoms in total. The van der Waals surface area contributed by atoms with E-state index in [0.29, 0.717) is 12.6 Å². The van der Waals surface area contributed by atoms with Gasteiger partial charge in [0.1, 0.15) is 5.76 Å². The van der Waals surface area contributed by atoms with Crippen molar-refractivity contribution >= 4 is 5.91 Å². The Morgan fingerprint density at radius 1 is 1.60 bits per heavy atom. The highest BCUT2D eigenvalue weighted by atomic mass is 16.3. The standard InChI is InChI=1S/C15H25N3O2/c1-11-9-12(6-7-16-11)15(19)17-10-13(18(2)3)14-5-4-8-20-14/h4-5,8,11-13,16H,6-7,9-10H2,1-3H3,(H,17,19). The van der Waals surface area contributed by atoms with Crippen LogP contribution in [0.2, 0.25) is 0 Å². The molecule has 2 N–H and O–H groups in total. The van der Waals surface area contributed by atoms with Gasteiger partial charge in [-0.1, -0.05) is 0 Å². The molecule has 1 aromatic rings. The molecule has 3 unspecified atom stereocenters. The van der Waals surface area contributed by atoms with Gasteiger partial charge in [0.15, 0.2) is 0 Å². The Hall–Kier alpha value is -1.33. The molecule has 0 radical (unpaired) electrons. The first-order valence-electron chi connectivity index (χ1n) is 7.29. The Morgan fingerprint density at radius 3 is 3.00 bits per heavy atom. The predicted octanol–water partition coefficient (Wildman–Crippen LogP) is 1.39. The highest BCUT2D eigenvalue weighted by Gasteiger charge is 2.26. The van der Waals surface area contributed by atoms with E-state index in [4.69, 9.17) is 4.42 Å². The molecule has 3 atom stereocenters. The summed E-state index contributed by atoms with van der Waals surface area (Å²) in [6.45, 7) is 3.64. The van der Waals surface area contributed by atoms with E-state index in [1.165, 1.54) is 0 Å². The lowest BCUT2D eigenvalue weighted by Crippen LogP contribution is -2.44. The summed E-state index contributed by atoms with van der Waals surface area (Å²) in [4.78, 5) is 14.3. The van der Waals surface area contributed by atoms with Crippen LogP contribution in [-0.4, -0.2) is 44.0 Å². The molecule has 20 heavy (non-hydrogen) atoms. The van der Waals surface area contributed by atoms with Crippen molar-refractivity contribution in [1.29, 1.82) is 0 Å². The number of likely N-dealkylation sites (N-methyl/N-ethyl adjacent to an activating group) is 1. The second-order valence-electron chi connectivity index (χ2n) is 5.82. The van der Waals surface area contributed by atoms with Gasteiger partial charge in [0.2, 0.25) is 5.91 Å². The summed E-state index contributed by atoms with van der Waals surface area (Å²) in [6.07, 6.45) is 3.50. The first-order valence-corrected chi connectivity index (χ1v) is 7.29. The number of rotatable bonds is 5. The lowest BCUT2D eigenvalue weighted by atomic mass is 9.92. The maximum absolute atomic E-state index is 12.3. The van der Waals surface area contributed by atoms with Gasteiger partial charge in [0, 0.05) is 18.5 Å². The summed E-state index contributed by atoms with van der Waals surface area (Å²) in [5.74, 6) is 1.18. The van der Waals surface area contributed by atoms with Crippen LogP contribution in [0, 0.1) is 5.92 Å². The number of piperidine rings is 1. The Bertz CT molecular complexity index is 417. The molecular formula is C15H25N3O2. The SMILES string of the molecule is CC1CC(C(=O)NCC(c2ccco2)N(C)C)CCN1. The second kappa shape index (κ2) is 6.90. The molecule has 1 aromatic heterocycles. The van der Waals surface area contributed by atoms with E-state index in [1.54, 1.807) is 6.26 Å². The van der Waals surface area contributed by atoms with E-state index in [1.807, 2.05) is 26.2 Å². The average Bonchev–Trinajstić information content (AvgIpc) is 2.92. The second-order valence-corrected chi connectivity index (χ2v) is 5.82. The fourth-order valence-corrected chi connectivity index (χ4v) is 2.73. The molecule has 1 saturated heterocycles. The molecule has 1 aliphatic rings. The monoisotopic (exact) mass is 279 g/mol. The van der Waals surface area contributed by atoms with Crippen molar-refractivity contribution in [2.75, 3.05) is 27.2 Å². The van der Waals surface area contributed by atoms with E-state index in [-0.39, 0.29) is 17.9 Å². The van der Waals surface area contributed by atoms with Crippen molar-refractivity contribution in [1.82, 2.24) is 15.5 Å². The molecule has 0 aromatic carbocycles. The van der Waals surface area contributed by atoms with Crippen LogP contribution in [0.4, 0.5) is 0 Å². The van der Waals surface area contributed by atoms with Gasteiger partial charge in [0.05, 0.1) is 12.3 Å². The van der Waals surface area contributed by atoms with Crippen LogP contribution < -0.4 is 10.6 Å². The number of amides is 1. The molecule has 5 heteroatoms. The molecule has 1 fully saturated rings. The topological polar surface area (TPSA) is 57.5 Å². The van der Waals surface area contributed by atoms with Crippen molar-refractivity contribution < 1.29 is 9.21 Å². The highest BCUT2D eigenvalue weighted by molar-refractivity contribution is 5.78. The minimum absolute atomic E-state index is 0.0769. The van der Waals surface area contributed by atoms with Crippen molar-refractivity contribution in [2.45, 2.75) is 31.8 Å². The largest absolute Gasteiger partial charge is 0.468 e. The predicted molar refractivity (Wildman–Crippen MR) is 78.3 cm³/mol. The summed E-state index contributed by atoms with van der Waals surface area (Å²) in [7, 11) is 3.98. The first-order chi connectivity index (χ1) is 9.58. The number of hydrogen-bond donors (Lipinski definition) is 2. The van der Waals surface area contributed by atoms with E-state index in [2.05, 4.69) is 22.5 Å². The maximum Gasteiger partial charge on any atom is 0.223 e.